The zero-order valence-corrected chi connectivity index (χ0v) is 7.54. The molecule has 66 valence electrons. The summed E-state index contributed by atoms with van der Waals surface area (Å²) in [5.41, 5.74) is -1.55. The van der Waals surface area contributed by atoms with Gasteiger partial charge in [0.15, 0.2) is 22.4 Å². The molecule has 0 radical (unpaired) electrons. The van der Waals surface area contributed by atoms with Gasteiger partial charge in [-0.15, -0.1) is 0 Å². The van der Waals surface area contributed by atoms with Gasteiger partial charge in [-0.2, -0.15) is 4.99 Å². The number of nitrogens with zero attached hydrogens (tertiary/aromatic N) is 1. The number of hydrogen-bond acceptors (Lipinski definition) is 4. The number of amidine groups is 1. The Morgan fingerprint density at radius 3 is 3.42 bits per heavy atom. The Balaban J connectivity index is 2.40. The van der Waals surface area contributed by atoms with E-state index in [9.17, 15) is 0 Å². The molecule has 6 heteroatoms. The highest BCUT2D eigenvalue weighted by atomic mass is 35.5. The van der Waals surface area contributed by atoms with E-state index in [-0.39, 0.29) is 11.1 Å². The minimum Gasteiger partial charge on any atom is -0.489 e. The smallest absolute Gasteiger partial charge is 0.199 e. The molecule has 2 heterocycles. The highest BCUT2D eigenvalue weighted by Gasteiger charge is 2.25. The van der Waals surface area contributed by atoms with Crippen molar-refractivity contribution in [3.8, 4) is 0 Å². The number of ether oxygens (including phenoxy) is 1. The summed E-state index contributed by atoms with van der Waals surface area (Å²) in [7, 11) is 0. The summed E-state index contributed by atoms with van der Waals surface area (Å²) >= 11 is 11.4. The van der Waals surface area contributed by atoms with Crippen LogP contribution in [0.4, 0.5) is 0 Å². The summed E-state index contributed by atoms with van der Waals surface area (Å²) in [5.74, 6) is 0.699. The number of nitrogens with one attached hydrogen (secondary N) is 2. The Bertz CT molecular complexity index is 302. The van der Waals surface area contributed by atoms with Gasteiger partial charge in [-0.1, -0.05) is 11.6 Å². The largest absolute Gasteiger partial charge is 0.489 e. The van der Waals surface area contributed by atoms with Gasteiger partial charge in [0.2, 0.25) is 0 Å². The van der Waals surface area contributed by atoms with Crippen LogP contribution < -0.4 is 10.6 Å². The van der Waals surface area contributed by atoms with Crippen molar-refractivity contribution in [3.63, 3.8) is 0 Å². The lowest BCUT2D eigenvalue weighted by molar-refractivity contribution is 0.178. The second-order valence-electron chi connectivity index (χ2n) is 2.29. The van der Waals surface area contributed by atoms with Crippen LogP contribution in [0.3, 0.4) is 0 Å². The Hall–Kier alpha value is -0.610. The first kappa shape index (κ1) is 6.86. The van der Waals surface area contributed by atoms with Crippen molar-refractivity contribution in [2.24, 2.45) is 4.99 Å². The van der Waals surface area contributed by atoms with E-state index < -0.39 is 5.48 Å². The number of hydrogen-bond donors (Lipinski definition) is 2. The lowest BCUT2D eigenvalue weighted by Crippen LogP contribution is -2.40. The van der Waals surface area contributed by atoms with Crippen LogP contribution in [0, 0.1) is 0 Å². The van der Waals surface area contributed by atoms with E-state index in [4.69, 9.17) is 29.3 Å². The second-order valence-corrected chi connectivity index (χ2v) is 3.03. The summed E-state index contributed by atoms with van der Waals surface area (Å²) < 4.78 is 12.9. The van der Waals surface area contributed by atoms with Crippen LogP contribution >= 0.6 is 23.2 Å². The topological polar surface area (TPSA) is 45.7 Å². The van der Waals surface area contributed by atoms with Gasteiger partial charge in [-0.25, -0.2) is 0 Å². The molecule has 2 N–H and O–H groups in total. The van der Waals surface area contributed by atoms with Crippen LogP contribution in [0.15, 0.2) is 16.6 Å². The molecule has 12 heavy (non-hydrogen) atoms. The molecule has 0 saturated carbocycles. The van der Waals surface area contributed by atoms with Crippen molar-refractivity contribution in [2.45, 2.75) is 5.48 Å². The van der Waals surface area contributed by atoms with E-state index in [0.717, 1.165) is 0 Å². The monoisotopic (exact) mass is 208 g/mol. The van der Waals surface area contributed by atoms with Crippen LogP contribution in [0.2, 0.25) is 0 Å². The molecule has 1 atom stereocenters. The maximum atomic E-state index is 7.65. The number of alkyl halides is 1. The van der Waals surface area contributed by atoms with Crippen molar-refractivity contribution in [3.05, 3.63) is 11.6 Å². The standard InChI is InChI=1S/C6H7Cl2N3O/c7-4-3-5(9-1-2-12-3)11-6(8)10-4/h4,9H,1-2H2,(H,10,11)/i4D. The molecule has 0 aromatic carbocycles. The Morgan fingerprint density at radius 2 is 2.58 bits per heavy atom. The summed E-state index contributed by atoms with van der Waals surface area (Å²) in [6, 6.07) is 0. The van der Waals surface area contributed by atoms with Crippen LogP contribution in [0.5, 0.6) is 0 Å². The summed E-state index contributed by atoms with van der Waals surface area (Å²) in [6.07, 6.45) is 0. The van der Waals surface area contributed by atoms with E-state index >= 15 is 0 Å². The highest BCUT2D eigenvalue weighted by Crippen LogP contribution is 2.20. The van der Waals surface area contributed by atoms with E-state index in [1.54, 1.807) is 0 Å². The van der Waals surface area contributed by atoms with Crippen molar-refractivity contribution in [2.75, 3.05) is 13.2 Å². The predicted molar refractivity (Wildman–Crippen MR) is 47.0 cm³/mol. The third-order valence-electron chi connectivity index (χ3n) is 1.48. The average molecular weight is 209 g/mol. The fraction of sp³-hybridized carbons (Fsp3) is 0.500. The molecule has 2 rings (SSSR count). The molecular formula is C6H7Cl2N3O. The van der Waals surface area contributed by atoms with Crippen LogP contribution in [0.25, 0.3) is 0 Å². The molecule has 1 unspecified atom stereocenters. The highest BCUT2D eigenvalue weighted by molar-refractivity contribution is 6.65. The minimum absolute atomic E-state index is 0.0850. The lowest BCUT2D eigenvalue weighted by atomic mass is 10.4. The molecule has 0 aromatic rings. The second kappa shape index (κ2) is 3.03. The quantitative estimate of drug-likeness (QED) is 0.452. The molecule has 0 fully saturated rings. The normalized spacial score (nSPS) is 35.2. The van der Waals surface area contributed by atoms with Gasteiger partial charge >= 0.3 is 0 Å². The molecule has 2 aliphatic heterocycles. The Kier molecular flexibility index (Phi) is 1.73. The average Bonchev–Trinajstić information content (AvgIpc) is 2.02. The van der Waals surface area contributed by atoms with Gasteiger partial charge in [0.25, 0.3) is 0 Å². The molecule has 0 bridgehead atoms. The predicted octanol–water partition coefficient (Wildman–Crippen LogP) is 0.538. The molecule has 0 saturated heterocycles. The van der Waals surface area contributed by atoms with Crippen molar-refractivity contribution < 1.29 is 6.11 Å². The fourth-order valence-corrected chi connectivity index (χ4v) is 1.46. The van der Waals surface area contributed by atoms with Crippen molar-refractivity contribution >= 4 is 28.5 Å². The van der Waals surface area contributed by atoms with Gasteiger partial charge in [0.1, 0.15) is 6.61 Å². The van der Waals surface area contributed by atoms with Gasteiger partial charge in [-0.05, 0) is 11.6 Å². The van der Waals surface area contributed by atoms with E-state index in [2.05, 4.69) is 15.6 Å². The van der Waals surface area contributed by atoms with E-state index in [0.29, 0.717) is 19.0 Å². The van der Waals surface area contributed by atoms with E-state index in [1.165, 1.54) is 0 Å². The number of rotatable bonds is 0. The van der Waals surface area contributed by atoms with E-state index in [1.807, 2.05) is 0 Å². The van der Waals surface area contributed by atoms with Gasteiger partial charge in [0, 0.05) is 0 Å². The Labute approximate surface area is 81.0 Å². The van der Waals surface area contributed by atoms with Gasteiger partial charge < -0.3 is 15.4 Å². The van der Waals surface area contributed by atoms with Crippen molar-refractivity contribution in [1.29, 1.82) is 0 Å². The maximum absolute atomic E-state index is 7.65. The maximum Gasteiger partial charge on any atom is 0.199 e. The van der Waals surface area contributed by atoms with Crippen molar-refractivity contribution in [1.82, 2.24) is 10.6 Å². The minimum atomic E-state index is -1.55. The van der Waals surface area contributed by atoms with Crippen LogP contribution in [-0.2, 0) is 4.74 Å². The summed E-state index contributed by atoms with van der Waals surface area (Å²) in [4.78, 5) is 3.91. The number of halogens is 2. The summed E-state index contributed by atoms with van der Waals surface area (Å²) in [6.45, 7) is 1.11. The van der Waals surface area contributed by atoms with Crippen LogP contribution in [-0.4, -0.2) is 23.9 Å². The molecule has 0 amide bonds. The van der Waals surface area contributed by atoms with Crippen LogP contribution in [0.1, 0.15) is 1.37 Å². The third-order valence-corrected chi connectivity index (χ3v) is 1.92. The molecule has 0 aliphatic carbocycles. The van der Waals surface area contributed by atoms with Gasteiger partial charge in [-0.3, -0.25) is 0 Å². The fourth-order valence-electron chi connectivity index (χ4n) is 1.00. The molecule has 0 aromatic heterocycles. The molecular weight excluding hydrogens is 201 g/mol. The first-order valence-corrected chi connectivity index (χ1v) is 4.18. The lowest BCUT2D eigenvalue weighted by Gasteiger charge is -2.27. The SMILES string of the molecule is [2H]C1(Cl)NC(Cl)=NC2=C1OCCN2. The zero-order valence-electron chi connectivity index (χ0n) is 7.03. The first-order valence-electron chi connectivity index (χ1n) is 3.92. The zero-order chi connectivity index (χ0) is 9.47. The van der Waals surface area contributed by atoms with Gasteiger partial charge in [0.05, 0.1) is 7.92 Å². The Morgan fingerprint density at radius 1 is 1.75 bits per heavy atom. The summed E-state index contributed by atoms with van der Waals surface area (Å²) in [5, 5.41) is 5.51. The molecule has 4 nitrogen and oxygen atoms in total. The third kappa shape index (κ3) is 1.32. The molecule has 0 spiro atoms. The molecule has 2 aliphatic rings. The first-order chi connectivity index (χ1) is 6.09. The number of aliphatic imine (C=N–C) groups is 1.